The molecule has 0 saturated carbocycles. The standard InChI is InChI=1S/C23H16ClN3O5/c24-15-12-10-14(11-13-15)20-19-21(32-26(20)16-6-2-1-3-7-16)23(29)25(22(19)28)17-8-4-5-9-18(17)27(30)31/h1-13,19-21H. The van der Waals surface area contributed by atoms with Crippen LogP contribution in [0.1, 0.15) is 11.6 Å². The summed E-state index contributed by atoms with van der Waals surface area (Å²) in [6.07, 6.45) is -1.11. The minimum absolute atomic E-state index is 0.0633. The molecular formula is C23H16ClN3O5. The third-order valence-electron chi connectivity index (χ3n) is 5.66. The van der Waals surface area contributed by atoms with E-state index >= 15 is 0 Å². The first-order valence-corrected chi connectivity index (χ1v) is 10.2. The Morgan fingerprint density at radius 3 is 2.22 bits per heavy atom. The summed E-state index contributed by atoms with van der Waals surface area (Å²) >= 11 is 6.05. The first-order valence-electron chi connectivity index (χ1n) is 9.85. The molecule has 5 rings (SSSR count). The van der Waals surface area contributed by atoms with Crippen LogP contribution in [0.4, 0.5) is 17.1 Å². The van der Waals surface area contributed by atoms with Crippen molar-refractivity contribution in [1.29, 1.82) is 0 Å². The van der Waals surface area contributed by atoms with Gasteiger partial charge >= 0.3 is 0 Å². The Hall–Kier alpha value is -3.75. The van der Waals surface area contributed by atoms with Crippen LogP contribution in [0.2, 0.25) is 5.02 Å². The third-order valence-corrected chi connectivity index (χ3v) is 5.91. The molecule has 0 bridgehead atoms. The molecule has 0 spiro atoms. The van der Waals surface area contributed by atoms with Gasteiger partial charge in [0.25, 0.3) is 11.6 Å². The number of hydroxylamine groups is 1. The lowest BCUT2D eigenvalue weighted by atomic mass is 9.90. The largest absolute Gasteiger partial charge is 0.293 e. The number of nitrogens with zero attached hydrogens (tertiary/aromatic N) is 3. The molecule has 3 aromatic carbocycles. The minimum Gasteiger partial charge on any atom is -0.273 e. The van der Waals surface area contributed by atoms with Crippen molar-refractivity contribution in [2.75, 3.05) is 9.96 Å². The lowest BCUT2D eigenvalue weighted by molar-refractivity contribution is -0.384. The molecule has 0 aromatic heterocycles. The molecule has 2 aliphatic rings. The zero-order chi connectivity index (χ0) is 22.4. The summed E-state index contributed by atoms with van der Waals surface area (Å²) in [4.78, 5) is 44.6. The van der Waals surface area contributed by atoms with E-state index in [-0.39, 0.29) is 11.4 Å². The van der Waals surface area contributed by atoms with Crippen molar-refractivity contribution < 1.29 is 19.3 Å². The highest BCUT2D eigenvalue weighted by atomic mass is 35.5. The van der Waals surface area contributed by atoms with E-state index < -0.39 is 34.8 Å². The van der Waals surface area contributed by atoms with Gasteiger partial charge in [0.2, 0.25) is 5.91 Å². The summed E-state index contributed by atoms with van der Waals surface area (Å²) in [7, 11) is 0. The Labute approximate surface area is 187 Å². The molecule has 2 amide bonds. The maximum Gasteiger partial charge on any atom is 0.293 e. The lowest BCUT2D eigenvalue weighted by Crippen LogP contribution is -2.37. The summed E-state index contributed by atoms with van der Waals surface area (Å²) in [5.41, 5.74) is 1.03. The summed E-state index contributed by atoms with van der Waals surface area (Å²) in [6.45, 7) is 0. The first-order chi connectivity index (χ1) is 15.5. The number of hydrogen-bond donors (Lipinski definition) is 0. The van der Waals surface area contributed by atoms with E-state index in [9.17, 15) is 19.7 Å². The molecular weight excluding hydrogens is 434 g/mol. The Kier molecular flexibility index (Phi) is 4.88. The van der Waals surface area contributed by atoms with Gasteiger partial charge in [-0.2, -0.15) is 0 Å². The molecule has 9 heteroatoms. The predicted molar refractivity (Wildman–Crippen MR) is 117 cm³/mol. The normalized spacial score (nSPS) is 22.3. The average molecular weight is 450 g/mol. The van der Waals surface area contributed by atoms with Gasteiger partial charge in [-0.1, -0.05) is 54.1 Å². The zero-order valence-corrected chi connectivity index (χ0v) is 17.3. The zero-order valence-electron chi connectivity index (χ0n) is 16.5. The van der Waals surface area contributed by atoms with Crippen molar-refractivity contribution in [1.82, 2.24) is 0 Å². The number of nitro benzene ring substituents is 1. The maximum atomic E-state index is 13.5. The van der Waals surface area contributed by atoms with Gasteiger partial charge in [0, 0.05) is 11.1 Å². The van der Waals surface area contributed by atoms with Crippen LogP contribution in [-0.2, 0) is 14.4 Å². The van der Waals surface area contributed by atoms with E-state index in [4.69, 9.17) is 16.4 Å². The van der Waals surface area contributed by atoms with E-state index in [1.165, 1.54) is 18.2 Å². The lowest BCUT2D eigenvalue weighted by Gasteiger charge is -2.28. The van der Waals surface area contributed by atoms with E-state index in [0.29, 0.717) is 10.7 Å². The smallest absolute Gasteiger partial charge is 0.273 e. The molecule has 2 saturated heterocycles. The summed E-state index contributed by atoms with van der Waals surface area (Å²) in [6, 6.07) is 21.2. The van der Waals surface area contributed by atoms with Crippen molar-refractivity contribution >= 4 is 40.5 Å². The van der Waals surface area contributed by atoms with Crippen LogP contribution in [0, 0.1) is 16.0 Å². The van der Waals surface area contributed by atoms with Crippen molar-refractivity contribution in [3.8, 4) is 0 Å². The van der Waals surface area contributed by atoms with Crippen LogP contribution >= 0.6 is 11.6 Å². The fourth-order valence-electron chi connectivity index (χ4n) is 4.26. The van der Waals surface area contributed by atoms with E-state index in [2.05, 4.69) is 0 Å². The Balaban J connectivity index is 1.60. The number of halogens is 1. The van der Waals surface area contributed by atoms with E-state index in [1.54, 1.807) is 35.4 Å². The summed E-state index contributed by atoms with van der Waals surface area (Å²) in [5.74, 6) is -2.07. The number of anilines is 2. The van der Waals surface area contributed by atoms with Crippen LogP contribution < -0.4 is 9.96 Å². The van der Waals surface area contributed by atoms with Crippen LogP contribution in [-0.4, -0.2) is 22.8 Å². The number of nitro groups is 1. The summed E-state index contributed by atoms with van der Waals surface area (Å²) in [5, 5.41) is 13.6. The number of imide groups is 1. The number of hydrogen-bond acceptors (Lipinski definition) is 6. The molecule has 8 nitrogen and oxygen atoms in total. The predicted octanol–water partition coefficient (Wildman–Crippen LogP) is 4.30. The number of carbonyl (C=O) groups is 2. The molecule has 2 aliphatic heterocycles. The number of benzene rings is 3. The topological polar surface area (TPSA) is 93.0 Å². The van der Waals surface area contributed by atoms with Gasteiger partial charge in [0.05, 0.1) is 16.7 Å². The Bertz CT molecular complexity index is 1220. The molecule has 0 aliphatic carbocycles. The van der Waals surface area contributed by atoms with Crippen molar-refractivity contribution in [2.24, 2.45) is 5.92 Å². The molecule has 0 N–H and O–H groups in total. The van der Waals surface area contributed by atoms with Crippen LogP contribution in [0.5, 0.6) is 0 Å². The molecule has 0 radical (unpaired) electrons. The van der Waals surface area contributed by atoms with Crippen molar-refractivity contribution in [2.45, 2.75) is 12.1 Å². The second kappa shape index (κ2) is 7.74. The molecule has 160 valence electrons. The van der Waals surface area contributed by atoms with Crippen LogP contribution in [0.3, 0.4) is 0 Å². The number of para-hydroxylation sites is 3. The first kappa shape index (κ1) is 20.2. The second-order valence-corrected chi connectivity index (χ2v) is 7.90. The number of fused-ring (bicyclic) bond motifs is 1. The van der Waals surface area contributed by atoms with Crippen molar-refractivity contribution in [3.05, 3.63) is 99.6 Å². The highest BCUT2D eigenvalue weighted by Crippen LogP contribution is 2.48. The molecule has 3 aromatic rings. The van der Waals surface area contributed by atoms with Crippen molar-refractivity contribution in [3.63, 3.8) is 0 Å². The maximum absolute atomic E-state index is 13.5. The molecule has 2 heterocycles. The molecule has 3 unspecified atom stereocenters. The fraction of sp³-hybridized carbons (Fsp3) is 0.130. The highest BCUT2D eigenvalue weighted by Gasteiger charge is 2.61. The molecule has 32 heavy (non-hydrogen) atoms. The van der Waals surface area contributed by atoms with E-state index in [1.807, 2.05) is 30.3 Å². The average Bonchev–Trinajstić information content (AvgIpc) is 3.31. The summed E-state index contributed by atoms with van der Waals surface area (Å²) < 4.78 is 0. The third kappa shape index (κ3) is 3.12. The fourth-order valence-corrected chi connectivity index (χ4v) is 4.38. The second-order valence-electron chi connectivity index (χ2n) is 7.47. The SMILES string of the molecule is O=C1C2ON(c3ccccc3)C(c3ccc(Cl)cc3)C2C(=O)N1c1ccccc1[N+](=O)[O-]. The van der Waals surface area contributed by atoms with Gasteiger partial charge in [-0.3, -0.25) is 24.5 Å². The Morgan fingerprint density at radius 1 is 0.875 bits per heavy atom. The quantitative estimate of drug-likeness (QED) is 0.335. The van der Waals surface area contributed by atoms with Gasteiger partial charge in [-0.15, -0.1) is 0 Å². The molecule has 3 atom stereocenters. The van der Waals surface area contributed by atoms with Crippen LogP contribution in [0.15, 0.2) is 78.9 Å². The number of rotatable bonds is 4. The number of carbonyl (C=O) groups excluding carboxylic acids is 2. The van der Waals surface area contributed by atoms with E-state index in [0.717, 1.165) is 10.5 Å². The van der Waals surface area contributed by atoms with Gasteiger partial charge in [-0.05, 0) is 35.9 Å². The van der Waals surface area contributed by atoms with Gasteiger partial charge < -0.3 is 0 Å². The Morgan fingerprint density at radius 2 is 1.53 bits per heavy atom. The van der Waals surface area contributed by atoms with Gasteiger partial charge in [0.15, 0.2) is 6.10 Å². The number of amides is 2. The molecule has 2 fully saturated rings. The monoisotopic (exact) mass is 449 g/mol. The highest BCUT2D eigenvalue weighted by molar-refractivity contribution is 6.30. The minimum atomic E-state index is -1.11. The van der Waals surface area contributed by atoms with Crippen LogP contribution in [0.25, 0.3) is 0 Å². The van der Waals surface area contributed by atoms with Gasteiger partial charge in [0.1, 0.15) is 11.6 Å². The van der Waals surface area contributed by atoms with Gasteiger partial charge in [-0.25, -0.2) is 9.96 Å².